The van der Waals surface area contributed by atoms with Gasteiger partial charge in [-0.1, -0.05) is 18.2 Å². The lowest BCUT2D eigenvalue weighted by atomic mass is 10.0. The molecular weight excluding hydrogens is 316 g/mol. The van der Waals surface area contributed by atoms with E-state index in [0.29, 0.717) is 9.90 Å². The molecule has 0 bridgehead atoms. The number of nitrogens with one attached hydrogen (secondary N) is 1. The third-order valence-corrected chi connectivity index (χ3v) is 6.02. The van der Waals surface area contributed by atoms with Crippen molar-refractivity contribution in [2.75, 3.05) is 4.72 Å². The fourth-order valence-electron chi connectivity index (χ4n) is 2.07. The Kier molecular flexibility index (Phi) is 3.96. The number of anilines is 1. The summed E-state index contributed by atoms with van der Waals surface area (Å²) >= 11 is 1.20. The molecule has 2 aromatic heterocycles. The summed E-state index contributed by atoms with van der Waals surface area (Å²) in [6.07, 6.45) is 3.43. The molecule has 0 amide bonds. The molecule has 0 saturated heterocycles. The molecule has 3 aromatic rings. The first-order valence-electron chi connectivity index (χ1n) is 6.64. The zero-order valence-electron chi connectivity index (χ0n) is 11.9. The molecule has 0 atom stereocenters. The van der Waals surface area contributed by atoms with Gasteiger partial charge in [0.2, 0.25) is 0 Å². The molecule has 0 saturated carbocycles. The van der Waals surface area contributed by atoms with E-state index in [1.54, 1.807) is 29.9 Å². The number of benzene rings is 1. The molecule has 112 valence electrons. The van der Waals surface area contributed by atoms with Crippen LogP contribution in [-0.4, -0.2) is 13.4 Å². The van der Waals surface area contributed by atoms with Crippen molar-refractivity contribution in [1.29, 1.82) is 0 Å². The molecule has 4 nitrogen and oxygen atoms in total. The maximum atomic E-state index is 12.4. The molecule has 0 aliphatic heterocycles. The standard InChI is InChI=1S/C16H14N2O2S2/c1-12-4-5-14(13-6-8-17-9-7-13)11-15(12)18-22(19,20)16-3-2-10-21-16/h2-11,18H,1H3. The second-order valence-electron chi connectivity index (χ2n) is 4.80. The Hall–Kier alpha value is -2.18. The summed E-state index contributed by atoms with van der Waals surface area (Å²) < 4.78 is 27.7. The second-order valence-corrected chi connectivity index (χ2v) is 7.66. The molecule has 0 radical (unpaired) electrons. The fourth-order valence-corrected chi connectivity index (χ4v) is 4.18. The highest BCUT2D eigenvalue weighted by Gasteiger charge is 2.16. The average Bonchev–Trinajstić information content (AvgIpc) is 3.05. The number of hydrogen-bond acceptors (Lipinski definition) is 4. The molecule has 2 heterocycles. The summed E-state index contributed by atoms with van der Waals surface area (Å²) in [6.45, 7) is 1.88. The van der Waals surface area contributed by atoms with E-state index in [4.69, 9.17) is 0 Å². The molecule has 0 aliphatic carbocycles. The predicted molar refractivity (Wildman–Crippen MR) is 89.5 cm³/mol. The van der Waals surface area contributed by atoms with Gasteiger partial charge in [-0.3, -0.25) is 9.71 Å². The third kappa shape index (κ3) is 3.03. The number of hydrogen-bond donors (Lipinski definition) is 1. The number of aromatic nitrogens is 1. The maximum Gasteiger partial charge on any atom is 0.271 e. The Morgan fingerprint density at radius 2 is 1.82 bits per heavy atom. The molecule has 0 aliphatic rings. The van der Waals surface area contributed by atoms with Crippen LogP contribution in [0.2, 0.25) is 0 Å². The first-order valence-corrected chi connectivity index (χ1v) is 9.00. The van der Waals surface area contributed by atoms with Crippen molar-refractivity contribution in [3.63, 3.8) is 0 Å². The smallest absolute Gasteiger partial charge is 0.271 e. The lowest BCUT2D eigenvalue weighted by molar-refractivity contribution is 0.603. The zero-order valence-corrected chi connectivity index (χ0v) is 13.5. The summed E-state index contributed by atoms with van der Waals surface area (Å²) in [4.78, 5) is 3.99. The molecular formula is C16H14N2O2S2. The highest BCUT2D eigenvalue weighted by Crippen LogP contribution is 2.27. The van der Waals surface area contributed by atoms with E-state index in [2.05, 4.69) is 9.71 Å². The van der Waals surface area contributed by atoms with Crippen LogP contribution in [0.1, 0.15) is 5.56 Å². The minimum absolute atomic E-state index is 0.307. The van der Waals surface area contributed by atoms with Gasteiger partial charge < -0.3 is 0 Å². The number of pyridine rings is 1. The van der Waals surface area contributed by atoms with Crippen molar-refractivity contribution in [3.8, 4) is 11.1 Å². The average molecular weight is 330 g/mol. The van der Waals surface area contributed by atoms with Crippen LogP contribution in [0, 0.1) is 6.92 Å². The summed E-state index contributed by atoms with van der Waals surface area (Å²) in [5.74, 6) is 0. The molecule has 3 rings (SSSR count). The van der Waals surface area contributed by atoms with E-state index in [9.17, 15) is 8.42 Å². The lowest BCUT2D eigenvalue weighted by Crippen LogP contribution is -2.12. The minimum Gasteiger partial charge on any atom is -0.279 e. The summed E-state index contributed by atoms with van der Waals surface area (Å²) in [5.41, 5.74) is 3.39. The van der Waals surface area contributed by atoms with Crippen LogP contribution in [0.3, 0.4) is 0 Å². The van der Waals surface area contributed by atoms with Gasteiger partial charge in [0.25, 0.3) is 10.0 Å². The van der Waals surface area contributed by atoms with E-state index in [1.807, 2.05) is 37.3 Å². The van der Waals surface area contributed by atoms with Gasteiger partial charge in [-0.15, -0.1) is 11.3 Å². The minimum atomic E-state index is -3.54. The highest BCUT2D eigenvalue weighted by atomic mass is 32.2. The third-order valence-electron chi connectivity index (χ3n) is 3.26. The highest BCUT2D eigenvalue weighted by molar-refractivity contribution is 7.94. The summed E-state index contributed by atoms with van der Waals surface area (Å²) in [5, 5.41) is 1.74. The number of aryl methyl sites for hydroxylation is 1. The van der Waals surface area contributed by atoms with E-state index < -0.39 is 10.0 Å². The van der Waals surface area contributed by atoms with Crippen LogP contribution in [0.5, 0.6) is 0 Å². The molecule has 0 fully saturated rings. The SMILES string of the molecule is Cc1ccc(-c2ccncc2)cc1NS(=O)(=O)c1cccs1. The van der Waals surface area contributed by atoms with Crippen molar-refractivity contribution in [3.05, 3.63) is 65.8 Å². The van der Waals surface area contributed by atoms with Crippen LogP contribution < -0.4 is 4.72 Å². The van der Waals surface area contributed by atoms with Crippen molar-refractivity contribution < 1.29 is 8.42 Å². The van der Waals surface area contributed by atoms with E-state index in [-0.39, 0.29) is 0 Å². The topological polar surface area (TPSA) is 59.1 Å². The van der Waals surface area contributed by atoms with Crippen molar-refractivity contribution in [2.24, 2.45) is 0 Å². The Balaban J connectivity index is 1.98. The van der Waals surface area contributed by atoms with E-state index >= 15 is 0 Å². The molecule has 6 heteroatoms. The zero-order chi connectivity index (χ0) is 15.6. The van der Waals surface area contributed by atoms with Crippen molar-refractivity contribution in [2.45, 2.75) is 11.1 Å². The van der Waals surface area contributed by atoms with Crippen LogP contribution in [0.25, 0.3) is 11.1 Å². The van der Waals surface area contributed by atoms with E-state index in [0.717, 1.165) is 16.7 Å². The van der Waals surface area contributed by atoms with Crippen LogP contribution in [0.4, 0.5) is 5.69 Å². The Bertz CT molecular complexity index is 874. The first kappa shape index (κ1) is 14.7. The number of sulfonamides is 1. The second kappa shape index (κ2) is 5.90. The molecule has 0 spiro atoms. The maximum absolute atomic E-state index is 12.4. The number of rotatable bonds is 4. The Morgan fingerprint density at radius 1 is 1.05 bits per heavy atom. The van der Waals surface area contributed by atoms with Crippen LogP contribution >= 0.6 is 11.3 Å². The Labute approximate surface area is 133 Å². The molecule has 0 unspecified atom stereocenters. The number of thiophene rings is 1. The van der Waals surface area contributed by atoms with Crippen molar-refractivity contribution >= 4 is 27.0 Å². The quantitative estimate of drug-likeness (QED) is 0.789. The van der Waals surface area contributed by atoms with Gasteiger partial charge in [-0.25, -0.2) is 8.42 Å². The van der Waals surface area contributed by atoms with Gasteiger partial charge >= 0.3 is 0 Å². The van der Waals surface area contributed by atoms with Gasteiger partial charge in [-0.2, -0.15) is 0 Å². The van der Waals surface area contributed by atoms with Gasteiger partial charge in [0.15, 0.2) is 0 Å². The van der Waals surface area contributed by atoms with Gasteiger partial charge in [0, 0.05) is 12.4 Å². The molecule has 1 aromatic carbocycles. The number of nitrogens with zero attached hydrogens (tertiary/aromatic N) is 1. The lowest BCUT2D eigenvalue weighted by Gasteiger charge is -2.11. The Morgan fingerprint density at radius 3 is 2.50 bits per heavy atom. The summed E-state index contributed by atoms with van der Waals surface area (Å²) in [7, 11) is -3.54. The summed E-state index contributed by atoms with van der Waals surface area (Å²) in [6, 6.07) is 12.8. The normalized spacial score (nSPS) is 11.3. The molecule has 1 N–H and O–H groups in total. The van der Waals surface area contributed by atoms with E-state index in [1.165, 1.54) is 11.3 Å². The predicted octanol–water partition coefficient (Wildman–Crippen LogP) is 3.92. The van der Waals surface area contributed by atoms with Gasteiger partial charge in [0.1, 0.15) is 4.21 Å². The molecule has 22 heavy (non-hydrogen) atoms. The van der Waals surface area contributed by atoms with Gasteiger partial charge in [-0.05, 0) is 53.3 Å². The fraction of sp³-hybridized carbons (Fsp3) is 0.0625. The first-order chi connectivity index (χ1) is 10.6. The van der Waals surface area contributed by atoms with Crippen molar-refractivity contribution in [1.82, 2.24) is 4.98 Å². The van der Waals surface area contributed by atoms with Crippen LogP contribution in [-0.2, 0) is 10.0 Å². The van der Waals surface area contributed by atoms with Gasteiger partial charge in [0.05, 0.1) is 5.69 Å². The monoisotopic (exact) mass is 330 g/mol. The van der Waals surface area contributed by atoms with Crippen LogP contribution in [0.15, 0.2) is 64.4 Å². The largest absolute Gasteiger partial charge is 0.279 e.